The smallest absolute Gasteiger partial charge is 0.339 e. The Morgan fingerprint density at radius 2 is 1.87 bits per heavy atom. The number of hydrogen-bond donors (Lipinski definition) is 2. The van der Waals surface area contributed by atoms with Crippen LogP contribution in [-0.2, 0) is 4.74 Å². The molecule has 0 radical (unpaired) electrons. The van der Waals surface area contributed by atoms with E-state index in [-0.39, 0.29) is 11.9 Å². The van der Waals surface area contributed by atoms with Gasteiger partial charge in [0.15, 0.2) is 0 Å². The molecule has 0 spiro atoms. The summed E-state index contributed by atoms with van der Waals surface area (Å²) in [5.74, 6) is -0.581. The third kappa shape index (κ3) is 2.80. The van der Waals surface area contributed by atoms with Gasteiger partial charge < -0.3 is 10.5 Å². The zero-order valence-electron chi connectivity index (χ0n) is 8.78. The summed E-state index contributed by atoms with van der Waals surface area (Å²) >= 11 is 0. The number of ether oxygens (including phenoxy) is 1. The van der Waals surface area contributed by atoms with Crippen LogP contribution in [0.4, 0.5) is 0 Å². The molecule has 4 heteroatoms. The standard InChI is InChI=1S/C11H14N2O2/c1-7(2)15-11(14)9-6-4-3-5-8(9)10(12)13/h3-7H,1-2H3,(H3,12,13). The Bertz CT molecular complexity index is 386. The number of nitrogens with two attached hydrogens (primary N) is 1. The minimum atomic E-state index is -0.448. The fourth-order valence-electron chi connectivity index (χ4n) is 1.17. The van der Waals surface area contributed by atoms with E-state index in [0.29, 0.717) is 11.1 Å². The van der Waals surface area contributed by atoms with Crippen molar-refractivity contribution in [2.45, 2.75) is 20.0 Å². The van der Waals surface area contributed by atoms with Crippen LogP contribution in [0, 0.1) is 5.41 Å². The minimum absolute atomic E-state index is 0.133. The van der Waals surface area contributed by atoms with Gasteiger partial charge in [0.2, 0.25) is 0 Å². The van der Waals surface area contributed by atoms with Gasteiger partial charge in [-0.2, -0.15) is 0 Å². The zero-order chi connectivity index (χ0) is 11.4. The van der Waals surface area contributed by atoms with Crippen molar-refractivity contribution >= 4 is 11.8 Å². The predicted octanol–water partition coefficient (Wildman–Crippen LogP) is 1.54. The molecule has 0 aliphatic carbocycles. The molecule has 0 bridgehead atoms. The molecule has 3 N–H and O–H groups in total. The molecule has 80 valence electrons. The van der Waals surface area contributed by atoms with Crippen molar-refractivity contribution in [3.8, 4) is 0 Å². The molecule has 1 aromatic carbocycles. The van der Waals surface area contributed by atoms with Crippen molar-refractivity contribution in [2.24, 2.45) is 5.73 Å². The van der Waals surface area contributed by atoms with Crippen LogP contribution in [0.2, 0.25) is 0 Å². The lowest BCUT2D eigenvalue weighted by atomic mass is 10.1. The Morgan fingerprint density at radius 3 is 2.33 bits per heavy atom. The summed E-state index contributed by atoms with van der Waals surface area (Å²) in [6, 6.07) is 6.66. The first kappa shape index (κ1) is 11.2. The van der Waals surface area contributed by atoms with Crippen LogP contribution in [0.1, 0.15) is 29.8 Å². The third-order valence-electron chi connectivity index (χ3n) is 1.78. The van der Waals surface area contributed by atoms with Gasteiger partial charge in [0.05, 0.1) is 11.7 Å². The van der Waals surface area contributed by atoms with Crippen molar-refractivity contribution in [2.75, 3.05) is 0 Å². The van der Waals surface area contributed by atoms with Gasteiger partial charge in [-0.15, -0.1) is 0 Å². The summed E-state index contributed by atoms with van der Waals surface area (Å²) in [6.07, 6.45) is -0.183. The van der Waals surface area contributed by atoms with E-state index in [4.69, 9.17) is 15.9 Å². The highest BCUT2D eigenvalue weighted by molar-refractivity contribution is 6.05. The fraction of sp³-hybridized carbons (Fsp3) is 0.273. The highest BCUT2D eigenvalue weighted by Gasteiger charge is 2.14. The molecule has 0 saturated carbocycles. The topological polar surface area (TPSA) is 76.2 Å². The van der Waals surface area contributed by atoms with E-state index in [1.807, 2.05) is 0 Å². The van der Waals surface area contributed by atoms with Gasteiger partial charge in [-0.3, -0.25) is 5.41 Å². The molecule has 0 atom stereocenters. The van der Waals surface area contributed by atoms with Gasteiger partial charge in [0.1, 0.15) is 5.84 Å². The molecular weight excluding hydrogens is 192 g/mol. The summed E-state index contributed by atoms with van der Waals surface area (Å²) in [5.41, 5.74) is 6.10. The summed E-state index contributed by atoms with van der Waals surface area (Å²) in [7, 11) is 0. The van der Waals surface area contributed by atoms with E-state index in [9.17, 15) is 4.79 Å². The van der Waals surface area contributed by atoms with Gasteiger partial charge >= 0.3 is 5.97 Å². The lowest BCUT2D eigenvalue weighted by Gasteiger charge is -2.10. The molecule has 4 nitrogen and oxygen atoms in total. The maximum Gasteiger partial charge on any atom is 0.339 e. The number of nitrogens with one attached hydrogen (secondary N) is 1. The van der Waals surface area contributed by atoms with Crippen LogP contribution in [-0.4, -0.2) is 17.9 Å². The minimum Gasteiger partial charge on any atom is -0.459 e. The second-order valence-corrected chi connectivity index (χ2v) is 3.41. The van der Waals surface area contributed by atoms with Crippen LogP contribution in [0.15, 0.2) is 24.3 Å². The summed E-state index contributed by atoms with van der Waals surface area (Å²) in [6.45, 7) is 3.54. The Morgan fingerprint density at radius 1 is 1.33 bits per heavy atom. The molecule has 0 saturated heterocycles. The molecule has 1 aromatic rings. The molecule has 0 aromatic heterocycles. The lowest BCUT2D eigenvalue weighted by Crippen LogP contribution is -2.19. The van der Waals surface area contributed by atoms with Crippen molar-refractivity contribution < 1.29 is 9.53 Å². The molecule has 0 heterocycles. The quantitative estimate of drug-likeness (QED) is 0.447. The van der Waals surface area contributed by atoms with E-state index >= 15 is 0 Å². The molecular formula is C11H14N2O2. The zero-order valence-corrected chi connectivity index (χ0v) is 8.78. The van der Waals surface area contributed by atoms with Crippen LogP contribution in [0.3, 0.4) is 0 Å². The van der Waals surface area contributed by atoms with Crippen molar-refractivity contribution in [3.63, 3.8) is 0 Å². The number of rotatable bonds is 3. The van der Waals surface area contributed by atoms with Crippen LogP contribution in [0.25, 0.3) is 0 Å². The number of amidine groups is 1. The normalized spacial score (nSPS) is 10.1. The Kier molecular flexibility index (Phi) is 3.44. The SMILES string of the molecule is CC(C)OC(=O)c1ccccc1C(=N)N. The molecule has 15 heavy (non-hydrogen) atoms. The van der Waals surface area contributed by atoms with Crippen molar-refractivity contribution in [3.05, 3.63) is 35.4 Å². The molecule has 0 unspecified atom stereocenters. The maximum absolute atomic E-state index is 11.6. The highest BCUT2D eigenvalue weighted by atomic mass is 16.5. The molecule has 0 fully saturated rings. The van der Waals surface area contributed by atoms with E-state index < -0.39 is 5.97 Å². The first-order valence-corrected chi connectivity index (χ1v) is 4.66. The number of nitrogen functional groups attached to an aromatic ring is 1. The number of hydrogen-bond acceptors (Lipinski definition) is 3. The Labute approximate surface area is 88.6 Å². The van der Waals surface area contributed by atoms with E-state index in [1.54, 1.807) is 38.1 Å². The Balaban J connectivity index is 3.03. The average Bonchev–Trinajstić information content (AvgIpc) is 2.16. The van der Waals surface area contributed by atoms with Crippen LogP contribution >= 0.6 is 0 Å². The first-order chi connectivity index (χ1) is 7.02. The first-order valence-electron chi connectivity index (χ1n) is 4.66. The lowest BCUT2D eigenvalue weighted by molar-refractivity contribution is 0.0377. The monoisotopic (exact) mass is 206 g/mol. The second-order valence-electron chi connectivity index (χ2n) is 3.41. The summed E-state index contributed by atoms with van der Waals surface area (Å²) in [5, 5.41) is 7.32. The average molecular weight is 206 g/mol. The highest BCUT2D eigenvalue weighted by Crippen LogP contribution is 2.10. The number of benzene rings is 1. The Hall–Kier alpha value is -1.84. The number of esters is 1. The van der Waals surface area contributed by atoms with E-state index in [0.717, 1.165) is 0 Å². The van der Waals surface area contributed by atoms with Gasteiger partial charge in [0.25, 0.3) is 0 Å². The van der Waals surface area contributed by atoms with Gasteiger partial charge in [0, 0.05) is 5.56 Å². The molecule has 0 aliphatic rings. The van der Waals surface area contributed by atoms with Crippen molar-refractivity contribution in [1.29, 1.82) is 5.41 Å². The predicted molar refractivity (Wildman–Crippen MR) is 58.0 cm³/mol. The van der Waals surface area contributed by atoms with Gasteiger partial charge in [-0.05, 0) is 19.9 Å². The van der Waals surface area contributed by atoms with Gasteiger partial charge in [-0.1, -0.05) is 18.2 Å². The van der Waals surface area contributed by atoms with E-state index in [1.165, 1.54) is 0 Å². The van der Waals surface area contributed by atoms with Crippen molar-refractivity contribution in [1.82, 2.24) is 0 Å². The summed E-state index contributed by atoms with van der Waals surface area (Å²) in [4.78, 5) is 11.6. The van der Waals surface area contributed by atoms with Crippen LogP contribution < -0.4 is 5.73 Å². The van der Waals surface area contributed by atoms with Crippen LogP contribution in [0.5, 0.6) is 0 Å². The molecule has 0 aliphatic heterocycles. The third-order valence-corrected chi connectivity index (χ3v) is 1.78. The number of carbonyl (C=O) groups is 1. The maximum atomic E-state index is 11.6. The summed E-state index contributed by atoms with van der Waals surface area (Å²) < 4.78 is 5.04. The fourth-order valence-corrected chi connectivity index (χ4v) is 1.17. The molecule has 0 amide bonds. The molecule has 1 rings (SSSR count). The largest absolute Gasteiger partial charge is 0.459 e. The second kappa shape index (κ2) is 4.59. The number of carbonyl (C=O) groups excluding carboxylic acids is 1. The van der Waals surface area contributed by atoms with E-state index in [2.05, 4.69) is 0 Å². The van der Waals surface area contributed by atoms with Gasteiger partial charge in [-0.25, -0.2) is 4.79 Å².